The summed E-state index contributed by atoms with van der Waals surface area (Å²) in [6.45, 7) is 5.11. The number of benzene rings is 1. The van der Waals surface area contributed by atoms with Crippen LogP contribution >= 0.6 is 11.8 Å². The molecule has 5 nitrogen and oxygen atoms in total. The smallest absolute Gasteiger partial charge is 0.292 e. The molecule has 1 aliphatic heterocycles. The number of nitro benzene ring substituents is 1. The summed E-state index contributed by atoms with van der Waals surface area (Å²) in [6, 6.07) is 5.43. The summed E-state index contributed by atoms with van der Waals surface area (Å²) >= 11 is 1.99. The lowest BCUT2D eigenvalue weighted by Gasteiger charge is -2.30. The van der Waals surface area contributed by atoms with Gasteiger partial charge in [-0.05, 0) is 11.6 Å². The highest BCUT2D eigenvalue weighted by Gasteiger charge is 2.19. The van der Waals surface area contributed by atoms with Gasteiger partial charge in [0.05, 0.1) is 4.92 Å². The maximum atomic E-state index is 11.0. The Labute approximate surface area is 117 Å². The molecular weight excluding hydrogens is 262 g/mol. The van der Waals surface area contributed by atoms with Crippen LogP contribution in [0.15, 0.2) is 18.2 Å². The number of rotatable bonds is 4. The average Bonchev–Trinajstić information content (AvgIpc) is 2.38. The Kier molecular flexibility index (Phi) is 4.66. The third kappa shape index (κ3) is 3.61. The monoisotopic (exact) mass is 281 g/mol. The van der Waals surface area contributed by atoms with Crippen LogP contribution in [-0.2, 0) is 6.54 Å². The molecule has 1 fully saturated rings. The van der Waals surface area contributed by atoms with Gasteiger partial charge in [-0.3, -0.25) is 15.0 Å². The van der Waals surface area contributed by atoms with E-state index in [1.807, 2.05) is 17.8 Å². The van der Waals surface area contributed by atoms with Crippen LogP contribution in [0, 0.1) is 10.1 Å². The minimum Gasteiger partial charge on any atom is -0.383 e. The Hall–Kier alpha value is -1.27. The van der Waals surface area contributed by atoms with Gasteiger partial charge in [0.2, 0.25) is 0 Å². The second kappa shape index (κ2) is 6.25. The summed E-state index contributed by atoms with van der Waals surface area (Å²) in [7, 11) is 1.70. The SMILES string of the molecule is CNc1ccc(CN2CCSC(C)C2)cc1[N+](=O)[O-]. The third-order valence-corrected chi connectivity index (χ3v) is 4.40. The fourth-order valence-corrected chi connectivity index (χ4v) is 3.41. The number of anilines is 1. The van der Waals surface area contributed by atoms with Gasteiger partial charge < -0.3 is 5.32 Å². The minimum absolute atomic E-state index is 0.152. The molecule has 1 saturated heterocycles. The van der Waals surface area contributed by atoms with Crippen molar-refractivity contribution < 1.29 is 4.92 Å². The lowest BCUT2D eigenvalue weighted by atomic mass is 10.1. The Morgan fingerprint density at radius 1 is 1.58 bits per heavy atom. The molecule has 1 atom stereocenters. The van der Waals surface area contributed by atoms with E-state index in [-0.39, 0.29) is 10.6 Å². The van der Waals surface area contributed by atoms with Crippen molar-refractivity contribution in [3.8, 4) is 0 Å². The molecule has 0 bridgehead atoms. The molecule has 104 valence electrons. The first kappa shape index (κ1) is 14.1. The van der Waals surface area contributed by atoms with Crippen LogP contribution in [0.3, 0.4) is 0 Å². The summed E-state index contributed by atoms with van der Waals surface area (Å²) in [5, 5.41) is 14.5. The zero-order valence-corrected chi connectivity index (χ0v) is 12.1. The van der Waals surface area contributed by atoms with E-state index < -0.39 is 0 Å². The van der Waals surface area contributed by atoms with Gasteiger partial charge >= 0.3 is 0 Å². The Morgan fingerprint density at radius 2 is 2.37 bits per heavy atom. The summed E-state index contributed by atoms with van der Waals surface area (Å²) in [5.41, 5.74) is 1.72. The van der Waals surface area contributed by atoms with Gasteiger partial charge in [0.15, 0.2) is 0 Å². The van der Waals surface area contributed by atoms with Gasteiger partial charge in [-0.15, -0.1) is 0 Å². The molecule has 1 aliphatic rings. The van der Waals surface area contributed by atoms with E-state index >= 15 is 0 Å². The van der Waals surface area contributed by atoms with Gasteiger partial charge in [0.1, 0.15) is 5.69 Å². The molecule has 0 spiro atoms. The van der Waals surface area contributed by atoms with E-state index in [0.717, 1.165) is 31.0 Å². The molecule has 0 saturated carbocycles. The van der Waals surface area contributed by atoms with Crippen molar-refractivity contribution in [1.82, 2.24) is 4.90 Å². The van der Waals surface area contributed by atoms with E-state index in [1.165, 1.54) is 0 Å². The van der Waals surface area contributed by atoms with Crippen LogP contribution in [-0.4, -0.2) is 41.0 Å². The van der Waals surface area contributed by atoms with Crippen molar-refractivity contribution >= 4 is 23.1 Å². The van der Waals surface area contributed by atoms with Crippen LogP contribution in [0.4, 0.5) is 11.4 Å². The quantitative estimate of drug-likeness (QED) is 0.679. The van der Waals surface area contributed by atoms with Crippen molar-refractivity contribution in [3.63, 3.8) is 0 Å². The predicted octanol–water partition coefficient (Wildman–Crippen LogP) is 2.57. The predicted molar refractivity (Wildman–Crippen MR) is 79.8 cm³/mol. The first-order valence-electron chi connectivity index (χ1n) is 6.39. The van der Waals surface area contributed by atoms with Gasteiger partial charge in [-0.1, -0.05) is 13.0 Å². The molecule has 1 heterocycles. The molecule has 0 aromatic heterocycles. The van der Waals surface area contributed by atoms with E-state index in [0.29, 0.717) is 10.9 Å². The van der Waals surface area contributed by atoms with Crippen molar-refractivity contribution in [3.05, 3.63) is 33.9 Å². The highest BCUT2D eigenvalue weighted by molar-refractivity contribution is 7.99. The van der Waals surface area contributed by atoms with Crippen molar-refractivity contribution in [2.75, 3.05) is 31.2 Å². The first-order chi connectivity index (χ1) is 9.10. The Balaban J connectivity index is 2.12. The molecule has 1 unspecified atom stereocenters. The fraction of sp³-hybridized carbons (Fsp3) is 0.538. The average molecular weight is 281 g/mol. The highest BCUT2D eigenvalue weighted by atomic mass is 32.2. The second-order valence-corrected chi connectivity index (χ2v) is 6.32. The van der Waals surface area contributed by atoms with Crippen LogP contribution in [0.1, 0.15) is 12.5 Å². The van der Waals surface area contributed by atoms with Crippen LogP contribution in [0.2, 0.25) is 0 Å². The molecule has 1 aromatic rings. The van der Waals surface area contributed by atoms with Crippen LogP contribution in [0.25, 0.3) is 0 Å². The number of nitro groups is 1. The zero-order valence-electron chi connectivity index (χ0n) is 11.3. The van der Waals surface area contributed by atoms with Gasteiger partial charge in [0, 0.05) is 43.8 Å². The number of thioether (sulfide) groups is 1. The summed E-state index contributed by atoms with van der Waals surface area (Å²) in [5.74, 6) is 1.14. The van der Waals surface area contributed by atoms with Crippen molar-refractivity contribution in [2.45, 2.75) is 18.7 Å². The molecule has 6 heteroatoms. The number of hydrogen-bond acceptors (Lipinski definition) is 5. The van der Waals surface area contributed by atoms with Crippen molar-refractivity contribution in [1.29, 1.82) is 0 Å². The Bertz CT molecular complexity index is 467. The standard InChI is InChI=1S/C13H19N3O2S/c1-10-8-15(5-6-19-10)9-11-3-4-12(14-2)13(7-11)16(17)18/h3-4,7,10,14H,5-6,8-9H2,1-2H3. The Morgan fingerprint density at radius 3 is 3.00 bits per heavy atom. The maximum Gasteiger partial charge on any atom is 0.292 e. The van der Waals surface area contributed by atoms with Gasteiger partial charge in [-0.25, -0.2) is 0 Å². The van der Waals surface area contributed by atoms with E-state index in [4.69, 9.17) is 0 Å². The highest BCUT2D eigenvalue weighted by Crippen LogP contribution is 2.26. The maximum absolute atomic E-state index is 11.0. The normalized spacial score (nSPS) is 20.2. The van der Waals surface area contributed by atoms with Gasteiger partial charge in [0.25, 0.3) is 5.69 Å². The molecule has 0 aliphatic carbocycles. The van der Waals surface area contributed by atoms with E-state index in [1.54, 1.807) is 19.2 Å². The van der Waals surface area contributed by atoms with Crippen LogP contribution < -0.4 is 5.32 Å². The molecule has 0 radical (unpaired) electrons. The molecule has 19 heavy (non-hydrogen) atoms. The van der Waals surface area contributed by atoms with Crippen LogP contribution in [0.5, 0.6) is 0 Å². The largest absolute Gasteiger partial charge is 0.383 e. The molecule has 1 N–H and O–H groups in total. The zero-order chi connectivity index (χ0) is 13.8. The second-order valence-electron chi connectivity index (χ2n) is 4.78. The first-order valence-corrected chi connectivity index (χ1v) is 7.44. The molecule has 1 aromatic carbocycles. The van der Waals surface area contributed by atoms with E-state index in [9.17, 15) is 10.1 Å². The minimum atomic E-state index is -0.329. The molecule has 0 amide bonds. The number of nitrogens with zero attached hydrogens (tertiary/aromatic N) is 2. The third-order valence-electron chi connectivity index (χ3n) is 3.26. The number of nitrogens with one attached hydrogen (secondary N) is 1. The molecule has 2 rings (SSSR count). The topological polar surface area (TPSA) is 58.4 Å². The van der Waals surface area contributed by atoms with Crippen molar-refractivity contribution in [2.24, 2.45) is 0 Å². The number of hydrogen-bond donors (Lipinski definition) is 1. The summed E-state index contributed by atoms with van der Waals surface area (Å²) < 4.78 is 0. The van der Waals surface area contributed by atoms with E-state index in [2.05, 4.69) is 17.1 Å². The fourth-order valence-electron chi connectivity index (χ4n) is 2.33. The lowest BCUT2D eigenvalue weighted by molar-refractivity contribution is -0.384. The van der Waals surface area contributed by atoms with Gasteiger partial charge in [-0.2, -0.15) is 11.8 Å². The summed E-state index contributed by atoms with van der Waals surface area (Å²) in [4.78, 5) is 13.1. The summed E-state index contributed by atoms with van der Waals surface area (Å²) in [6.07, 6.45) is 0. The lowest BCUT2D eigenvalue weighted by Crippen LogP contribution is -2.36. The molecular formula is C13H19N3O2S.